The van der Waals surface area contributed by atoms with E-state index in [4.69, 9.17) is 4.74 Å². The molecule has 3 rings (SSSR count). The van der Waals surface area contributed by atoms with E-state index in [-0.39, 0.29) is 5.92 Å². The largest absolute Gasteiger partial charge is 0.466 e. The topological polar surface area (TPSA) is 60.2 Å². The molecular formula is C22H29N3O2. The average molecular weight is 367 g/mol. The molecule has 3 atom stereocenters. The summed E-state index contributed by atoms with van der Waals surface area (Å²) in [4.78, 5) is 0. The zero-order valence-corrected chi connectivity index (χ0v) is 16.2. The number of unbranched alkanes of at least 4 members (excludes halogenated alkanes) is 3. The van der Waals surface area contributed by atoms with Gasteiger partial charge in [-0.25, -0.2) is 4.68 Å². The summed E-state index contributed by atoms with van der Waals surface area (Å²) in [6.45, 7) is 4.29. The Kier molecular flexibility index (Phi) is 6.82. The molecule has 3 aromatic rings. The fourth-order valence-corrected chi connectivity index (χ4v) is 3.32. The van der Waals surface area contributed by atoms with Crippen LogP contribution in [0.4, 0.5) is 0 Å². The van der Waals surface area contributed by atoms with Crippen LogP contribution in [-0.2, 0) is 0 Å². The van der Waals surface area contributed by atoms with Crippen molar-refractivity contribution in [2.75, 3.05) is 0 Å². The number of nitrogens with zero attached hydrogens (tertiary/aromatic N) is 3. The standard InChI is InChI=1S/C22H29N3O2/c1-3-4-5-7-12-17(2)21(26)22(27-18-13-8-6-9-14-18)25-20-16-11-10-15-19(20)23-24-25/h6,8-11,13-17,21-22,26H,3-5,7,12H2,1-2H3. The first kappa shape index (κ1) is 19.4. The van der Waals surface area contributed by atoms with Crippen LogP contribution in [0.2, 0.25) is 0 Å². The van der Waals surface area contributed by atoms with Gasteiger partial charge in [0.15, 0.2) is 0 Å². The first-order valence-electron chi connectivity index (χ1n) is 9.90. The van der Waals surface area contributed by atoms with E-state index in [0.29, 0.717) is 5.75 Å². The lowest BCUT2D eigenvalue weighted by Gasteiger charge is -2.28. The Bertz CT molecular complexity index is 819. The first-order valence-corrected chi connectivity index (χ1v) is 9.90. The van der Waals surface area contributed by atoms with E-state index in [1.54, 1.807) is 4.68 Å². The van der Waals surface area contributed by atoms with Gasteiger partial charge >= 0.3 is 0 Å². The van der Waals surface area contributed by atoms with Gasteiger partial charge in [-0.05, 0) is 36.6 Å². The fourth-order valence-electron chi connectivity index (χ4n) is 3.32. The zero-order valence-electron chi connectivity index (χ0n) is 16.2. The molecule has 1 heterocycles. The molecule has 0 saturated carbocycles. The average Bonchev–Trinajstić information content (AvgIpc) is 3.13. The van der Waals surface area contributed by atoms with Crippen molar-refractivity contribution >= 4 is 11.0 Å². The monoisotopic (exact) mass is 367 g/mol. The van der Waals surface area contributed by atoms with Crippen LogP contribution >= 0.6 is 0 Å². The third kappa shape index (κ3) is 4.86. The molecule has 0 aliphatic rings. The van der Waals surface area contributed by atoms with Crippen LogP contribution in [0.1, 0.15) is 52.2 Å². The molecule has 0 radical (unpaired) electrons. The lowest BCUT2D eigenvalue weighted by atomic mass is 9.96. The molecule has 5 heteroatoms. The van der Waals surface area contributed by atoms with Gasteiger partial charge in [0.25, 0.3) is 0 Å². The van der Waals surface area contributed by atoms with Gasteiger partial charge in [-0.3, -0.25) is 0 Å². The lowest BCUT2D eigenvalue weighted by Crippen LogP contribution is -2.34. The fraction of sp³-hybridized carbons (Fsp3) is 0.455. The van der Waals surface area contributed by atoms with Gasteiger partial charge in [-0.1, -0.05) is 75.1 Å². The molecule has 1 N–H and O–H groups in total. The van der Waals surface area contributed by atoms with Crippen molar-refractivity contribution < 1.29 is 9.84 Å². The number of aliphatic hydroxyl groups excluding tert-OH is 1. The van der Waals surface area contributed by atoms with Crippen LogP contribution < -0.4 is 4.74 Å². The van der Waals surface area contributed by atoms with Crippen molar-refractivity contribution in [2.24, 2.45) is 5.92 Å². The summed E-state index contributed by atoms with van der Waals surface area (Å²) in [7, 11) is 0. The predicted octanol–water partition coefficient (Wildman–Crippen LogP) is 4.98. The molecule has 0 amide bonds. The van der Waals surface area contributed by atoms with Gasteiger partial charge in [-0.2, -0.15) is 0 Å². The molecular weight excluding hydrogens is 338 g/mol. The lowest BCUT2D eigenvalue weighted by molar-refractivity contribution is -0.0459. The van der Waals surface area contributed by atoms with Crippen molar-refractivity contribution in [3.8, 4) is 5.75 Å². The second kappa shape index (κ2) is 9.51. The first-order chi connectivity index (χ1) is 13.2. The van der Waals surface area contributed by atoms with Crippen LogP contribution in [-0.4, -0.2) is 26.2 Å². The van der Waals surface area contributed by atoms with Crippen molar-refractivity contribution in [3.63, 3.8) is 0 Å². The summed E-state index contributed by atoms with van der Waals surface area (Å²) in [5.74, 6) is 0.804. The second-order valence-corrected chi connectivity index (χ2v) is 7.16. The Hall–Kier alpha value is -2.40. The maximum Gasteiger partial charge on any atom is 0.219 e. The third-order valence-corrected chi connectivity index (χ3v) is 5.01. The van der Waals surface area contributed by atoms with E-state index in [1.807, 2.05) is 54.6 Å². The molecule has 0 saturated heterocycles. The van der Waals surface area contributed by atoms with E-state index in [9.17, 15) is 5.11 Å². The Morgan fingerprint density at radius 2 is 1.74 bits per heavy atom. The summed E-state index contributed by atoms with van der Waals surface area (Å²) < 4.78 is 7.89. The van der Waals surface area contributed by atoms with E-state index in [0.717, 1.165) is 23.9 Å². The highest BCUT2D eigenvalue weighted by atomic mass is 16.5. The minimum atomic E-state index is -0.683. The molecule has 0 bridgehead atoms. The van der Waals surface area contributed by atoms with Crippen LogP contribution in [0.15, 0.2) is 54.6 Å². The van der Waals surface area contributed by atoms with Gasteiger partial charge in [0.05, 0.1) is 5.52 Å². The predicted molar refractivity (Wildman–Crippen MR) is 108 cm³/mol. The quantitative estimate of drug-likeness (QED) is 0.514. The molecule has 144 valence electrons. The minimum Gasteiger partial charge on any atom is -0.466 e. The normalized spacial score (nSPS) is 14.8. The van der Waals surface area contributed by atoms with Gasteiger partial charge in [0.2, 0.25) is 6.23 Å². The van der Waals surface area contributed by atoms with Crippen LogP contribution in [0.3, 0.4) is 0 Å². The molecule has 3 unspecified atom stereocenters. The van der Waals surface area contributed by atoms with Gasteiger partial charge in [-0.15, -0.1) is 5.10 Å². The smallest absolute Gasteiger partial charge is 0.219 e. The van der Waals surface area contributed by atoms with Crippen LogP contribution in [0.25, 0.3) is 11.0 Å². The number of hydrogen-bond acceptors (Lipinski definition) is 4. The summed E-state index contributed by atoms with van der Waals surface area (Å²) in [5, 5.41) is 19.6. The highest BCUT2D eigenvalue weighted by Gasteiger charge is 2.30. The highest BCUT2D eigenvalue weighted by Crippen LogP contribution is 2.28. The maximum atomic E-state index is 11.1. The number of fused-ring (bicyclic) bond motifs is 1. The van der Waals surface area contributed by atoms with Gasteiger partial charge in [0, 0.05) is 0 Å². The van der Waals surface area contributed by atoms with Crippen molar-refractivity contribution in [3.05, 3.63) is 54.6 Å². The molecule has 0 spiro atoms. The number of rotatable bonds is 10. The Morgan fingerprint density at radius 3 is 2.52 bits per heavy atom. The van der Waals surface area contributed by atoms with Crippen LogP contribution in [0, 0.1) is 5.92 Å². The third-order valence-electron chi connectivity index (χ3n) is 5.01. The maximum absolute atomic E-state index is 11.1. The Balaban J connectivity index is 1.83. The molecule has 5 nitrogen and oxygen atoms in total. The number of benzene rings is 2. The number of aliphatic hydroxyl groups is 1. The van der Waals surface area contributed by atoms with E-state index >= 15 is 0 Å². The van der Waals surface area contributed by atoms with E-state index in [2.05, 4.69) is 24.2 Å². The summed E-state index contributed by atoms with van der Waals surface area (Å²) in [6, 6.07) is 17.3. The van der Waals surface area contributed by atoms with Crippen molar-refractivity contribution in [1.82, 2.24) is 15.0 Å². The van der Waals surface area contributed by atoms with E-state index in [1.165, 1.54) is 19.3 Å². The number of para-hydroxylation sites is 2. The van der Waals surface area contributed by atoms with Crippen molar-refractivity contribution in [2.45, 2.75) is 58.3 Å². The minimum absolute atomic E-state index is 0.0959. The molecule has 0 fully saturated rings. The van der Waals surface area contributed by atoms with Crippen LogP contribution in [0.5, 0.6) is 5.75 Å². The SMILES string of the molecule is CCCCCCC(C)C(O)C(Oc1ccccc1)n1nnc2ccccc21. The summed E-state index contributed by atoms with van der Waals surface area (Å²) >= 11 is 0. The molecule has 0 aliphatic carbocycles. The van der Waals surface area contributed by atoms with Gasteiger partial charge < -0.3 is 9.84 Å². The summed E-state index contributed by atoms with van der Waals surface area (Å²) in [6.07, 6.45) is 4.41. The second-order valence-electron chi connectivity index (χ2n) is 7.16. The number of ether oxygens (including phenoxy) is 1. The number of hydrogen-bond donors (Lipinski definition) is 1. The molecule has 1 aromatic heterocycles. The van der Waals surface area contributed by atoms with Gasteiger partial charge in [0.1, 0.15) is 17.4 Å². The Labute approximate surface area is 161 Å². The van der Waals surface area contributed by atoms with E-state index < -0.39 is 12.3 Å². The number of aromatic nitrogens is 3. The zero-order chi connectivity index (χ0) is 19.1. The summed E-state index contributed by atoms with van der Waals surface area (Å²) in [5.41, 5.74) is 1.65. The molecule has 0 aliphatic heterocycles. The Morgan fingerprint density at radius 1 is 1.00 bits per heavy atom. The highest BCUT2D eigenvalue weighted by molar-refractivity contribution is 5.73. The van der Waals surface area contributed by atoms with Crippen molar-refractivity contribution in [1.29, 1.82) is 0 Å². The molecule has 27 heavy (non-hydrogen) atoms. The molecule has 2 aromatic carbocycles.